The van der Waals surface area contributed by atoms with E-state index in [0.29, 0.717) is 18.4 Å². The summed E-state index contributed by atoms with van der Waals surface area (Å²) < 4.78 is 13.1. The molecule has 0 aromatic heterocycles. The van der Waals surface area contributed by atoms with E-state index in [1.165, 1.54) is 12.1 Å². The minimum atomic E-state index is -0.184. The van der Waals surface area contributed by atoms with Crippen LogP contribution in [0.25, 0.3) is 0 Å². The Morgan fingerprint density at radius 2 is 1.92 bits per heavy atom. The molecule has 1 heterocycles. The van der Waals surface area contributed by atoms with Crippen LogP contribution in [-0.4, -0.2) is 66.9 Å². The summed E-state index contributed by atoms with van der Waals surface area (Å²) in [5.41, 5.74) is 1.16. The highest BCUT2D eigenvalue weighted by molar-refractivity contribution is 5.75. The molecule has 0 unspecified atom stereocenters. The summed E-state index contributed by atoms with van der Waals surface area (Å²) in [6.45, 7) is 9.26. The van der Waals surface area contributed by atoms with Crippen molar-refractivity contribution in [3.8, 4) is 0 Å². The molecule has 2 rings (SSSR count). The fraction of sp³-hybridized carbons (Fsp3) is 0.650. The number of carbonyl (C=O) groups excluding carboxylic acids is 1. The molecule has 5 heteroatoms. The molecule has 0 radical (unpaired) electrons. The van der Waals surface area contributed by atoms with Crippen LogP contribution in [0.3, 0.4) is 0 Å². The van der Waals surface area contributed by atoms with Crippen molar-refractivity contribution < 1.29 is 9.18 Å². The molecular formula is C20H32FN3O. The van der Waals surface area contributed by atoms with Crippen LogP contribution in [0.2, 0.25) is 0 Å². The van der Waals surface area contributed by atoms with Crippen LogP contribution in [-0.2, 0) is 11.3 Å². The topological polar surface area (TPSA) is 26.8 Å². The summed E-state index contributed by atoms with van der Waals surface area (Å²) in [4.78, 5) is 18.5. The minimum absolute atomic E-state index is 0.184. The lowest BCUT2D eigenvalue weighted by Crippen LogP contribution is -2.44. The smallest absolute Gasteiger partial charge is 0.223 e. The molecule has 1 aromatic rings. The minimum Gasteiger partial charge on any atom is -0.349 e. The van der Waals surface area contributed by atoms with Crippen molar-refractivity contribution in [2.75, 3.05) is 40.3 Å². The molecule has 1 atom stereocenters. The summed E-state index contributed by atoms with van der Waals surface area (Å²) in [6, 6.07) is 7.28. The zero-order valence-corrected chi connectivity index (χ0v) is 16.0. The van der Waals surface area contributed by atoms with Crippen LogP contribution in [0.15, 0.2) is 24.3 Å². The Hall–Kier alpha value is -1.46. The number of hydrogen-bond acceptors (Lipinski definition) is 3. The van der Waals surface area contributed by atoms with E-state index >= 15 is 0 Å². The van der Waals surface area contributed by atoms with Crippen LogP contribution in [0.4, 0.5) is 4.39 Å². The molecule has 1 aliphatic rings. The third-order valence-corrected chi connectivity index (χ3v) is 5.04. The fourth-order valence-corrected chi connectivity index (χ4v) is 3.47. The monoisotopic (exact) mass is 349 g/mol. The first-order chi connectivity index (χ1) is 11.9. The van der Waals surface area contributed by atoms with Gasteiger partial charge < -0.3 is 9.80 Å². The van der Waals surface area contributed by atoms with E-state index in [1.807, 2.05) is 26.2 Å². The largest absolute Gasteiger partial charge is 0.349 e. The summed E-state index contributed by atoms with van der Waals surface area (Å²) >= 11 is 0. The molecule has 1 saturated heterocycles. The maximum absolute atomic E-state index is 13.1. The van der Waals surface area contributed by atoms with E-state index in [0.717, 1.165) is 44.7 Å². The quantitative estimate of drug-likeness (QED) is 0.790. The zero-order valence-electron chi connectivity index (χ0n) is 16.0. The first-order valence-electron chi connectivity index (χ1n) is 9.28. The lowest BCUT2D eigenvalue weighted by atomic mass is 10.0. The van der Waals surface area contributed by atoms with Gasteiger partial charge in [0.05, 0.1) is 0 Å². The fourth-order valence-electron chi connectivity index (χ4n) is 3.47. The van der Waals surface area contributed by atoms with E-state index in [4.69, 9.17) is 0 Å². The number of hydrogen-bond donors (Lipinski definition) is 0. The van der Waals surface area contributed by atoms with Gasteiger partial charge in [-0.1, -0.05) is 26.0 Å². The van der Waals surface area contributed by atoms with Gasteiger partial charge in [0.2, 0.25) is 5.91 Å². The summed E-state index contributed by atoms with van der Waals surface area (Å²) in [7, 11) is 3.62. The summed E-state index contributed by atoms with van der Waals surface area (Å²) in [5.74, 6) is 0.538. The molecular weight excluding hydrogens is 317 g/mol. The second-order valence-corrected chi connectivity index (χ2v) is 7.60. The average molecular weight is 349 g/mol. The number of rotatable bonds is 6. The number of carbonyl (C=O) groups is 1. The molecule has 4 nitrogen and oxygen atoms in total. The van der Waals surface area contributed by atoms with Crippen molar-refractivity contribution in [2.45, 2.75) is 39.3 Å². The van der Waals surface area contributed by atoms with Crippen molar-refractivity contribution in [1.82, 2.24) is 14.7 Å². The Morgan fingerprint density at radius 3 is 2.52 bits per heavy atom. The normalized spacial score (nSPS) is 19.8. The maximum Gasteiger partial charge on any atom is 0.223 e. The van der Waals surface area contributed by atoms with E-state index in [1.54, 1.807) is 4.90 Å². The predicted molar refractivity (Wildman–Crippen MR) is 99.8 cm³/mol. The first-order valence-corrected chi connectivity index (χ1v) is 9.28. The molecule has 0 N–H and O–H groups in total. The third kappa shape index (κ3) is 6.08. The molecule has 1 aromatic carbocycles. The second-order valence-electron chi connectivity index (χ2n) is 7.60. The SMILES string of the molecule is CC(C)[C@H]1CN(CCC(=O)N(C)C)CCCN1Cc1ccc(F)cc1. The van der Waals surface area contributed by atoms with Crippen molar-refractivity contribution in [1.29, 1.82) is 0 Å². The van der Waals surface area contributed by atoms with Crippen LogP contribution in [0, 0.1) is 11.7 Å². The maximum atomic E-state index is 13.1. The predicted octanol–water partition coefficient (Wildman–Crippen LogP) is 2.84. The van der Waals surface area contributed by atoms with Gasteiger partial charge in [0.15, 0.2) is 0 Å². The molecule has 1 amide bonds. The Labute approximate surface area is 151 Å². The molecule has 0 bridgehead atoms. The van der Waals surface area contributed by atoms with E-state index in [9.17, 15) is 9.18 Å². The number of benzene rings is 1. The van der Waals surface area contributed by atoms with Gasteiger partial charge in [0.25, 0.3) is 0 Å². The standard InChI is InChI=1S/C20H32FN3O/c1-16(2)19-15-23(13-10-20(25)22(3)4)11-5-12-24(19)14-17-6-8-18(21)9-7-17/h6-9,16,19H,5,10-15H2,1-4H3/t19-/m1/s1. The zero-order chi connectivity index (χ0) is 18.4. The van der Waals surface area contributed by atoms with Gasteiger partial charge in [0, 0.05) is 52.7 Å². The molecule has 0 aliphatic carbocycles. The highest BCUT2D eigenvalue weighted by Crippen LogP contribution is 2.20. The highest BCUT2D eigenvalue weighted by atomic mass is 19.1. The van der Waals surface area contributed by atoms with Crippen molar-refractivity contribution in [3.63, 3.8) is 0 Å². The van der Waals surface area contributed by atoms with E-state index < -0.39 is 0 Å². The van der Waals surface area contributed by atoms with Crippen LogP contribution >= 0.6 is 0 Å². The molecule has 1 aliphatic heterocycles. The van der Waals surface area contributed by atoms with Gasteiger partial charge in [-0.05, 0) is 36.6 Å². The van der Waals surface area contributed by atoms with E-state index in [2.05, 4.69) is 23.6 Å². The van der Waals surface area contributed by atoms with Crippen LogP contribution in [0.5, 0.6) is 0 Å². The lowest BCUT2D eigenvalue weighted by molar-refractivity contribution is -0.129. The molecule has 1 fully saturated rings. The second kappa shape index (κ2) is 9.30. The van der Waals surface area contributed by atoms with Gasteiger partial charge in [0.1, 0.15) is 5.82 Å². The van der Waals surface area contributed by atoms with Gasteiger partial charge in [-0.15, -0.1) is 0 Å². The van der Waals surface area contributed by atoms with Gasteiger partial charge in [-0.3, -0.25) is 9.69 Å². The number of amides is 1. The van der Waals surface area contributed by atoms with E-state index in [-0.39, 0.29) is 11.7 Å². The Kier molecular flexibility index (Phi) is 7.38. The molecule has 25 heavy (non-hydrogen) atoms. The van der Waals surface area contributed by atoms with Crippen LogP contribution in [0.1, 0.15) is 32.3 Å². The van der Waals surface area contributed by atoms with Crippen molar-refractivity contribution in [2.24, 2.45) is 5.92 Å². The van der Waals surface area contributed by atoms with Crippen LogP contribution < -0.4 is 0 Å². The van der Waals surface area contributed by atoms with Gasteiger partial charge in [-0.2, -0.15) is 0 Å². The van der Waals surface area contributed by atoms with Gasteiger partial charge >= 0.3 is 0 Å². The number of nitrogens with zero attached hydrogens (tertiary/aromatic N) is 3. The Balaban J connectivity index is 1.99. The third-order valence-electron chi connectivity index (χ3n) is 5.04. The Bertz CT molecular complexity index is 544. The lowest BCUT2D eigenvalue weighted by Gasteiger charge is -2.34. The van der Waals surface area contributed by atoms with Crippen molar-refractivity contribution >= 4 is 5.91 Å². The van der Waals surface area contributed by atoms with Crippen molar-refractivity contribution in [3.05, 3.63) is 35.6 Å². The summed E-state index contributed by atoms with van der Waals surface area (Å²) in [6.07, 6.45) is 1.68. The van der Waals surface area contributed by atoms with Gasteiger partial charge in [-0.25, -0.2) is 4.39 Å². The summed E-state index contributed by atoms with van der Waals surface area (Å²) in [5, 5.41) is 0. The molecule has 0 spiro atoms. The first kappa shape index (κ1) is 19.9. The molecule has 140 valence electrons. The number of halogens is 1. The highest BCUT2D eigenvalue weighted by Gasteiger charge is 2.27. The Morgan fingerprint density at radius 1 is 1.24 bits per heavy atom. The molecule has 0 saturated carbocycles. The average Bonchev–Trinajstić information content (AvgIpc) is 2.77.